The summed E-state index contributed by atoms with van der Waals surface area (Å²) in [7, 11) is 3.31. The third kappa shape index (κ3) is 4.29. The smallest absolute Gasteiger partial charge is 0.311 e. The molecule has 1 amide bonds. The molecule has 2 bridgehead atoms. The molecule has 1 aromatic carbocycles. The number of hydrogen-bond donors (Lipinski definition) is 1. The van der Waals surface area contributed by atoms with Crippen molar-refractivity contribution in [1.82, 2.24) is 10.2 Å². The Balaban J connectivity index is 1.50. The lowest BCUT2D eigenvalue weighted by atomic mass is 9.98. The van der Waals surface area contributed by atoms with Gasteiger partial charge in [-0.1, -0.05) is 6.07 Å². The van der Waals surface area contributed by atoms with Crippen molar-refractivity contribution in [2.45, 2.75) is 49.6 Å². The topological polar surface area (TPSA) is 84.7 Å². The van der Waals surface area contributed by atoms with Gasteiger partial charge in [-0.15, -0.1) is 11.8 Å². The predicted molar refractivity (Wildman–Crippen MR) is 102 cm³/mol. The quantitative estimate of drug-likeness (QED) is 0.579. The molecule has 8 heteroatoms. The molecule has 2 atom stereocenters. The third-order valence-corrected chi connectivity index (χ3v) is 6.31. The Bertz CT molecular complexity index is 672. The van der Waals surface area contributed by atoms with Crippen LogP contribution in [-0.2, 0) is 10.5 Å². The Morgan fingerprint density at radius 3 is 2.69 bits per heavy atom. The Morgan fingerprint density at radius 1 is 1.38 bits per heavy atom. The molecule has 0 radical (unpaired) electrons. The zero-order valence-corrected chi connectivity index (χ0v) is 16.0. The van der Waals surface area contributed by atoms with Gasteiger partial charge in [0, 0.05) is 37.0 Å². The van der Waals surface area contributed by atoms with Crippen molar-refractivity contribution in [3.05, 3.63) is 33.9 Å². The molecule has 2 aliphatic heterocycles. The van der Waals surface area contributed by atoms with Crippen LogP contribution in [0.2, 0.25) is 0 Å². The van der Waals surface area contributed by atoms with E-state index in [1.165, 1.54) is 37.8 Å². The number of piperidine rings is 1. The highest BCUT2D eigenvalue weighted by molar-refractivity contribution is 7.99. The van der Waals surface area contributed by atoms with Crippen LogP contribution in [0, 0.1) is 10.1 Å². The van der Waals surface area contributed by atoms with Gasteiger partial charge in [0.1, 0.15) is 0 Å². The minimum absolute atomic E-state index is 0.0424. The van der Waals surface area contributed by atoms with Crippen molar-refractivity contribution >= 4 is 23.4 Å². The number of fused-ring (bicyclic) bond motifs is 2. The van der Waals surface area contributed by atoms with E-state index in [-0.39, 0.29) is 17.3 Å². The first-order valence-electron chi connectivity index (χ1n) is 8.88. The molecule has 2 heterocycles. The average molecular weight is 379 g/mol. The summed E-state index contributed by atoms with van der Waals surface area (Å²) >= 11 is 1.49. The van der Waals surface area contributed by atoms with Gasteiger partial charge in [-0.05, 0) is 37.3 Å². The van der Waals surface area contributed by atoms with E-state index in [1.807, 2.05) is 11.9 Å². The minimum atomic E-state index is -0.447. The molecule has 7 nitrogen and oxygen atoms in total. The predicted octanol–water partition coefficient (Wildman–Crippen LogP) is 2.58. The van der Waals surface area contributed by atoms with Crippen LogP contribution in [0.15, 0.2) is 18.2 Å². The van der Waals surface area contributed by atoms with E-state index < -0.39 is 4.92 Å². The highest BCUT2D eigenvalue weighted by Crippen LogP contribution is 2.31. The fourth-order valence-electron chi connectivity index (χ4n) is 3.87. The number of methoxy groups -OCH3 is 1. The summed E-state index contributed by atoms with van der Waals surface area (Å²) in [5.74, 6) is 1.32. The molecule has 1 N–H and O–H groups in total. The molecule has 142 valence electrons. The fourth-order valence-corrected chi connectivity index (χ4v) is 4.77. The summed E-state index contributed by atoms with van der Waals surface area (Å²) in [6.45, 7) is 0. The number of ether oxygens (including phenoxy) is 1. The zero-order valence-electron chi connectivity index (χ0n) is 15.1. The monoisotopic (exact) mass is 379 g/mol. The number of carbonyl (C=O) groups is 1. The molecule has 0 spiro atoms. The van der Waals surface area contributed by atoms with Gasteiger partial charge in [0.15, 0.2) is 5.75 Å². The number of amides is 1. The van der Waals surface area contributed by atoms with Crippen LogP contribution in [-0.4, -0.2) is 53.8 Å². The van der Waals surface area contributed by atoms with E-state index >= 15 is 0 Å². The van der Waals surface area contributed by atoms with E-state index in [0.29, 0.717) is 29.6 Å². The summed E-state index contributed by atoms with van der Waals surface area (Å²) < 4.78 is 5.01. The highest BCUT2D eigenvalue weighted by atomic mass is 32.2. The van der Waals surface area contributed by atoms with E-state index in [4.69, 9.17) is 4.74 Å². The van der Waals surface area contributed by atoms with Crippen LogP contribution in [0.5, 0.6) is 5.75 Å². The van der Waals surface area contributed by atoms with Gasteiger partial charge in [0.2, 0.25) is 5.91 Å². The Labute approximate surface area is 157 Å². The van der Waals surface area contributed by atoms with Gasteiger partial charge in [0.25, 0.3) is 0 Å². The van der Waals surface area contributed by atoms with E-state index in [2.05, 4.69) is 5.32 Å². The van der Waals surface area contributed by atoms with E-state index in [9.17, 15) is 14.9 Å². The van der Waals surface area contributed by atoms with Gasteiger partial charge < -0.3 is 15.0 Å². The van der Waals surface area contributed by atoms with Crippen LogP contribution in [0.25, 0.3) is 0 Å². The van der Waals surface area contributed by atoms with Crippen molar-refractivity contribution in [2.75, 3.05) is 19.9 Å². The molecule has 1 aromatic rings. The zero-order chi connectivity index (χ0) is 18.7. The van der Waals surface area contributed by atoms with Gasteiger partial charge in [0.05, 0.1) is 17.8 Å². The number of nitro benzene ring substituents is 1. The largest absolute Gasteiger partial charge is 0.490 e. The van der Waals surface area contributed by atoms with Crippen LogP contribution in [0.4, 0.5) is 5.69 Å². The first-order chi connectivity index (χ1) is 12.5. The van der Waals surface area contributed by atoms with Crippen LogP contribution in [0.3, 0.4) is 0 Å². The second-order valence-corrected chi connectivity index (χ2v) is 8.01. The molecule has 2 saturated heterocycles. The van der Waals surface area contributed by atoms with Crippen molar-refractivity contribution in [1.29, 1.82) is 0 Å². The molecule has 2 fully saturated rings. The van der Waals surface area contributed by atoms with Crippen molar-refractivity contribution in [3.8, 4) is 5.75 Å². The van der Waals surface area contributed by atoms with Gasteiger partial charge in [-0.25, -0.2) is 0 Å². The van der Waals surface area contributed by atoms with Crippen LogP contribution >= 0.6 is 11.8 Å². The van der Waals surface area contributed by atoms with Crippen molar-refractivity contribution < 1.29 is 14.5 Å². The molecular weight excluding hydrogens is 354 g/mol. The maximum Gasteiger partial charge on any atom is 0.311 e. The Hall–Kier alpha value is -1.80. The fraction of sp³-hybridized carbons (Fsp3) is 0.611. The second-order valence-electron chi connectivity index (χ2n) is 7.02. The second kappa shape index (κ2) is 8.26. The molecule has 3 rings (SSSR count). The molecular formula is C18H25N3O4S. The SMILES string of the molecule is COc1ccc(CSCC(=O)N(C)C2CC3CCC(C2)N3)cc1[N+](=O)[O-]. The molecule has 0 saturated carbocycles. The summed E-state index contributed by atoms with van der Waals surface area (Å²) in [4.78, 5) is 25.0. The molecule has 2 unspecified atom stereocenters. The van der Waals surface area contributed by atoms with Gasteiger partial charge >= 0.3 is 5.69 Å². The number of nitro groups is 1. The summed E-state index contributed by atoms with van der Waals surface area (Å²) in [5.41, 5.74) is 0.775. The maximum absolute atomic E-state index is 12.5. The van der Waals surface area contributed by atoms with Crippen LogP contribution in [0.1, 0.15) is 31.2 Å². The molecule has 26 heavy (non-hydrogen) atoms. The lowest BCUT2D eigenvalue weighted by molar-refractivity contribution is -0.385. The lowest BCUT2D eigenvalue weighted by Gasteiger charge is -2.35. The molecule has 0 aliphatic carbocycles. The number of nitrogens with zero attached hydrogens (tertiary/aromatic N) is 2. The lowest BCUT2D eigenvalue weighted by Crippen LogP contribution is -2.49. The van der Waals surface area contributed by atoms with Crippen molar-refractivity contribution in [2.24, 2.45) is 0 Å². The number of rotatable bonds is 7. The highest BCUT2D eigenvalue weighted by Gasteiger charge is 2.36. The van der Waals surface area contributed by atoms with Crippen LogP contribution < -0.4 is 10.1 Å². The molecule has 0 aromatic heterocycles. The van der Waals surface area contributed by atoms with Crippen molar-refractivity contribution in [3.63, 3.8) is 0 Å². The number of benzene rings is 1. The number of hydrogen-bond acceptors (Lipinski definition) is 6. The summed E-state index contributed by atoms with van der Waals surface area (Å²) in [6.07, 6.45) is 4.50. The number of nitrogens with one attached hydrogen (secondary N) is 1. The maximum atomic E-state index is 12.5. The summed E-state index contributed by atoms with van der Waals surface area (Å²) in [6, 6.07) is 6.36. The Morgan fingerprint density at radius 2 is 2.08 bits per heavy atom. The van der Waals surface area contributed by atoms with Gasteiger partial charge in [-0.3, -0.25) is 14.9 Å². The number of carbonyl (C=O) groups excluding carboxylic acids is 1. The summed E-state index contributed by atoms with van der Waals surface area (Å²) in [5, 5.41) is 14.7. The number of thioether (sulfide) groups is 1. The third-order valence-electron chi connectivity index (χ3n) is 5.32. The first kappa shape index (κ1) is 19.0. The standard InChI is InChI=1S/C18H25N3O4S/c1-20(15-8-13-4-5-14(9-15)19-13)18(22)11-26-10-12-3-6-17(25-2)16(7-12)21(23)24/h3,6-7,13-15,19H,4-5,8-11H2,1-2H3. The Kier molecular flexibility index (Phi) is 6.03. The average Bonchev–Trinajstić information content (AvgIpc) is 2.98. The van der Waals surface area contributed by atoms with Gasteiger partial charge in [-0.2, -0.15) is 0 Å². The van der Waals surface area contributed by atoms with E-state index in [1.54, 1.807) is 12.1 Å². The normalized spacial score (nSPS) is 24.3. The molecule has 2 aliphatic rings. The first-order valence-corrected chi connectivity index (χ1v) is 10.0. The van der Waals surface area contributed by atoms with E-state index in [0.717, 1.165) is 18.4 Å². The minimum Gasteiger partial charge on any atom is -0.490 e.